The monoisotopic (exact) mass is 311 g/mol. The van der Waals surface area contributed by atoms with E-state index in [1.54, 1.807) is 0 Å². The summed E-state index contributed by atoms with van der Waals surface area (Å²) in [4.78, 5) is 11.9. The van der Waals surface area contributed by atoms with Crippen LogP contribution in [0.25, 0.3) is 0 Å². The number of nitrogens with one attached hydrogen (secondary N) is 1. The van der Waals surface area contributed by atoms with Crippen molar-refractivity contribution >= 4 is 21.8 Å². The van der Waals surface area contributed by atoms with Crippen LogP contribution in [0.5, 0.6) is 0 Å². The maximum atomic E-state index is 11.9. The minimum atomic E-state index is -0.376. The van der Waals surface area contributed by atoms with Crippen LogP contribution < -0.4 is 5.32 Å². The Labute approximate surface area is 116 Å². The molecular weight excluding hydrogens is 294 g/mol. The van der Waals surface area contributed by atoms with Gasteiger partial charge < -0.3 is 10.4 Å². The second-order valence-corrected chi connectivity index (χ2v) is 5.79. The van der Waals surface area contributed by atoms with Gasteiger partial charge in [-0.05, 0) is 43.4 Å². The van der Waals surface area contributed by atoms with Crippen molar-refractivity contribution in [2.45, 2.75) is 44.8 Å². The second kappa shape index (κ2) is 5.85. The molecule has 0 unspecified atom stereocenters. The molecule has 0 aromatic heterocycles. The topological polar surface area (TPSA) is 49.3 Å². The molecule has 0 bridgehead atoms. The van der Waals surface area contributed by atoms with E-state index in [1.807, 2.05) is 25.1 Å². The lowest BCUT2D eigenvalue weighted by Crippen LogP contribution is -2.40. The van der Waals surface area contributed by atoms with Crippen LogP contribution in [0.3, 0.4) is 0 Å². The number of carbonyl (C=O) groups excluding carboxylic acids is 1. The Morgan fingerprint density at radius 2 is 2.28 bits per heavy atom. The summed E-state index contributed by atoms with van der Waals surface area (Å²) in [6.07, 6.45) is 2.65. The fourth-order valence-corrected chi connectivity index (χ4v) is 2.72. The van der Waals surface area contributed by atoms with E-state index < -0.39 is 0 Å². The number of aryl methyl sites for hydroxylation is 1. The van der Waals surface area contributed by atoms with Crippen molar-refractivity contribution in [3.8, 4) is 0 Å². The molecule has 2 atom stereocenters. The third-order valence-corrected chi connectivity index (χ3v) is 4.28. The third kappa shape index (κ3) is 3.33. The van der Waals surface area contributed by atoms with Gasteiger partial charge in [-0.3, -0.25) is 4.79 Å². The van der Waals surface area contributed by atoms with Crippen molar-refractivity contribution in [1.29, 1.82) is 0 Å². The van der Waals surface area contributed by atoms with Crippen molar-refractivity contribution in [3.05, 3.63) is 33.8 Å². The predicted molar refractivity (Wildman–Crippen MR) is 74.4 cm³/mol. The Kier molecular flexibility index (Phi) is 4.40. The smallest absolute Gasteiger partial charge is 0.224 e. The lowest BCUT2D eigenvalue weighted by molar-refractivity contribution is -0.121. The highest BCUT2D eigenvalue weighted by Crippen LogP contribution is 2.20. The standard InChI is InChI=1S/C14H18BrNO2/c1-9-5-6-10(7-11(9)15)8-14(18)16-12-3-2-4-13(12)17/h5-7,12-13,17H,2-4,8H2,1H3,(H,16,18)/t12-,13+/m0/s1. The summed E-state index contributed by atoms with van der Waals surface area (Å²) in [7, 11) is 0. The molecule has 0 radical (unpaired) electrons. The molecule has 18 heavy (non-hydrogen) atoms. The molecule has 2 N–H and O–H groups in total. The zero-order chi connectivity index (χ0) is 13.1. The van der Waals surface area contributed by atoms with Gasteiger partial charge in [-0.1, -0.05) is 28.1 Å². The molecule has 0 spiro atoms. The van der Waals surface area contributed by atoms with E-state index in [2.05, 4.69) is 21.2 Å². The second-order valence-electron chi connectivity index (χ2n) is 4.93. The molecule has 1 fully saturated rings. The number of halogens is 1. The molecule has 1 aromatic carbocycles. The van der Waals surface area contributed by atoms with E-state index in [4.69, 9.17) is 0 Å². The molecule has 1 amide bonds. The van der Waals surface area contributed by atoms with E-state index in [0.29, 0.717) is 6.42 Å². The summed E-state index contributed by atoms with van der Waals surface area (Å²) in [6, 6.07) is 5.87. The summed E-state index contributed by atoms with van der Waals surface area (Å²) >= 11 is 3.46. The average Bonchev–Trinajstić information content (AvgIpc) is 2.70. The van der Waals surface area contributed by atoms with Crippen LogP contribution in [0.1, 0.15) is 30.4 Å². The molecule has 3 nitrogen and oxygen atoms in total. The van der Waals surface area contributed by atoms with Crippen LogP contribution in [0, 0.1) is 6.92 Å². The minimum Gasteiger partial charge on any atom is -0.391 e. The first-order chi connectivity index (χ1) is 8.56. The first-order valence-corrected chi connectivity index (χ1v) is 7.08. The summed E-state index contributed by atoms with van der Waals surface area (Å²) in [5.41, 5.74) is 2.14. The molecule has 2 rings (SSSR count). The van der Waals surface area contributed by atoms with Crippen LogP contribution in [-0.4, -0.2) is 23.2 Å². The van der Waals surface area contributed by atoms with E-state index in [9.17, 15) is 9.90 Å². The van der Waals surface area contributed by atoms with Gasteiger partial charge in [0.1, 0.15) is 0 Å². The Hall–Kier alpha value is -0.870. The number of amides is 1. The van der Waals surface area contributed by atoms with Gasteiger partial charge in [0.15, 0.2) is 0 Å². The van der Waals surface area contributed by atoms with Crippen LogP contribution in [0.15, 0.2) is 22.7 Å². The molecule has 1 aliphatic carbocycles. The lowest BCUT2D eigenvalue weighted by atomic mass is 10.1. The van der Waals surface area contributed by atoms with Crippen molar-refractivity contribution in [2.75, 3.05) is 0 Å². The Balaban J connectivity index is 1.92. The fourth-order valence-electron chi connectivity index (χ4n) is 2.30. The first-order valence-electron chi connectivity index (χ1n) is 6.28. The van der Waals surface area contributed by atoms with E-state index in [-0.39, 0.29) is 18.1 Å². The fraction of sp³-hybridized carbons (Fsp3) is 0.500. The Bertz CT molecular complexity index is 447. The minimum absolute atomic E-state index is 0.0169. The maximum Gasteiger partial charge on any atom is 0.224 e. The third-order valence-electron chi connectivity index (χ3n) is 3.43. The van der Waals surface area contributed by atoms with Gasteiger partial charge in [0.25, 0.3) is 0 Å². The summed E-state index contributed by atoms with van der Waals surface area (Å²) < 4.78 is 1.02. The lowest BCUT2D eigenvalue weighted by Gasteiger charge is -2.16. The summed E-state index contributed by atoms with van der Waals surface area (Å²) in [6.45, 7) is 2.02. The SMILES string of the molecule is Cc1ccc(CC(=O)N[C@H]2CCC[C@H]2O)cc1Br. The molecule has 0 saturated heterocycles. The van der Waals surface area contributed by atoms with Crippen LogP contribution in [0.2, 0.25) is 0 Å². The van der Waals surface area contributed by atoms with Gasteiger partial charge in [0, 0.05) is 4.47 Å². The highest BCUT2D eigenvalue weighted by molar-refractivity contribution is 9.10. The number of carbonyl (C=O) groups is 1. The molecule has 1 aliphatic rings. The molecule has 98 valence electrons. The van der Waals surface area contributed by atoms with Crippen molar-refractivity contribution < 1.29 is 9.90 Å². The largest absolute Gasteiger partial charge is 0.391 e. The number of hydrogen-bond donors (Lipinski definition) is 2. The predicted octanol–water partition coefficient (Wildman–Crippen LogP) is 2.33. The molecular formula is C14H18BrNO2. The molecule has 1 aromatic rings. The van der Waals surface area contributed by atoms with Gasteiger partial charge in [0.05, 0.1) is 18.6 Å². The van der Waals surface area contributed by atoms with Crippen molar-refractivity contribution in [3.63, 3.8) is 0 Å². The van der Waals surface area contributed by atoms with Gasteiger partial charge >= 0.3 is 0 Å². The number of benzene rings is 1. The summed E-state index contributed by atoms with van der Waals surface area (Å²) in [5, 5.41) is 12.6. The highest BCUT2D eigenvalue weighted by atomic mass is 79.9. The number of aliphatic hydroxyl groups is 1. The first kappa shape index (κ1) is 13.6. The number of rotatable bonds is 3. The van der Waals surface area contributed by atoms with Gasteiger partial charge in [-0.15, -0.1) is 0 Å². The molecule has 0 heterocycles. The molecule has 4 heteroatoms. The zero-order valence-electron chi connectivity index (χ0n) is 10.4. The Morgan fingerprint density at radius 3 is 2.89 bits per heavy atom. The van der Waals surface area contributed by atoms with E-state index in [0.717, 1.165) is 34.9 Å². The van der Waals surface area contributed by atoms with E-state index in [1.165, 1.54) is 0 Å². The van der Waals surface area contributed by atoms with Crippen molar-refractivity contribution in [2.24, 2.45) is 0 Å². The van der Waals surface area contributed by atoms with Gasteiger partial charge in [-0.25, -0.2) is 0 Å². The normalized spacial score (nSPS) is 23.1. The maximum absolute atomic E-state index is 11.9. The number of hydrogen-bond acceptors (Lipinski definition) is 2. The van der Waals surface area contributed by atoms with Crippen LogP contribution >= 0.6 is 15.9 Å². The molecule has 0 aliphatic heterocycles. The van der Waals surface area contributed by atoms with Crippen LogP contribution in [0.4, 0.5) is 0 Å². The van der Waals surface area contributed by atoms with Gasteiger partial charge in [0.2, 0.25) is 5.91 Å². The highest BCUT2D eigenvalue weighted by Gasteiger charge is 2.26. The Morgan fingerprint density at radius 1 is 1.50 bits per heavy atom. The quantitative estimate of drug-likeness (QED) is 0.900. The number of aliphatic hydroxyl groups excluding tert-OH is 1. The van der Waals surface area contributed by atoms with Crippen LogP contribution in [-0.2, 0) is 11.2 Å². The van der Waals surface area contributed by atoms with Crippen molar-refractivity contribution in [1.82, 2.24) is 5.32 Å². The summed E-state index contributed by atoms with van der Waals surface area (Å²) in [5.74, 6) is -0.0169. The molecule has 1 saturated carbocycles. The zero-order valence-corrected chi connectivity index (χ0v) is 12.0. The van der Waals surface area contributed by atoms with E-state index >= 15 is 0 Å². The average molecular weight is 312 g/mol. The van der Waals surface area contributed by atoms with Gasteiger partial charge in [-0.2, -0.15) is 0 Å².